The molecule has 0 aromatic carbocycles. The minimum Gasteiger partial charge on any atom is -0.416 e. The third-order valence-corrected chi connectivity index (χ3v) is 9.45. The Morgan fingerprint density at radius 2 is 1.70 bits per heavy atom. The molecule has 117 valence electrons. The molecule has 0 unspecified atom stereocenters. The first-order chi connectivity index (χ1) is 8.92. The predicted octanol–water partition coefficient (Wildman–Crippen LogP) is 4.55. The lowest BCUT2D eigenvalue weighted by atomic mass is 9.95. The van der Waals surface area contributed by atoms with E-state index >= 15 is 0 Å². The third kappa shape index (κ3) is 6.13. The average molecular weight is 314 g/mol. The molecule has 0 saturated heterocycles. The van der Waals surface area contributed by atoms with Gasteiger partial charge >= 0.3 is 0 Å². The van der Waals surface area contributed by atoms with Gasteiger partial charge in [0.15, 0.2) is 8.32 Å². The molecule has 0 saturated carbocycles. The highest BCUT2D eigenvalue weighted by Gasteiger charge is 2.38. The fraction of sp³-hybridized carbons (Fsp3) is 0.875. The summed E-state index contributed by atoms with van der Waals surface area (Å²) < 4.78 is 12.4. The zero-order chi connectivity index (χ0) is 16.1. The maximum Gasteiger partial charge on any atom is 0.205 e. The Labute approximate surface area is 129 Å². The number of hydrogen-bond acceptors (Lipinski definition) is 2. The molecule has 0 rings (SSSR count). The van der Waals surface area contributed by atoms with Crippen LogP contribution >= 0.6 is 0 Å². The first kappa shape index (κ1) is 19.9. The lowest BCUT2D eigenvalue weighted by molar-refractivity contribution is 0.0765. The number of rotatable bonds is 7. The van der Waals surface area contributed by atoms with Gasteiger partial charge in [-0.2, -0.15) is 0 Å². The molecule has 0 heterocycles. The van der Waals surface area contributed by atoms with Gasteiger partial charge in [0.25, 0.3) is 0 Å². The van der Waals surface area contributed by atoms with Crippen molar-refractivity contribution in [2.24, 2.45) is 11.8 Å². The standard InChI is InChI=1S/C16H33O2Si2/c1-11-13(2)15(18-19(7)8)14(3)12-17-20(9,10)16(4,5)6/h1,13-15H,12H2,2-10H3/t13-,14+,15+/m0/s1. The first-order valence-corrected chi connectivity index (χ1v) is 12.8. The fourth-order valence-electron chi connectivity index (χ4n) is 1.73. The summed E-state index contributed by atoms with van der Waals surface area (Å²) in [5, 5.41) is 0.241. The van der Waals surface area contributed by atoms with Crippen molar-refractivity contribution >= 4 is 17.4 Å². The van der Waals surface area contributed by atoms with E-state index in [1.54, 1.807) is 0 Å². The second-order valence-electron chi connectivity index (χ2n) is 7.49. The van der Waals surface area contributed by atoms with E-state index < -0.39 is 17.4 Å². The maximum absolute atomic E-state index is 6.31. The molecule has 0 bridgehead atoms. The molecule has 0 aromatic rings. The number of hydrogen-bond donors (Lipinski definition) is 0. The first-order valence-electron chi connectivity index (χ1n) is 7.49. The van der Waals surface area contributed by atoms with Crippen LogP contribution in [0.2, 0.25) is 31.2 Å². The van der Waals surface area contributed by atoms with Crippen molar-refractivity contribution in [3.8, 4) is 12.3 Å². The molecular weight excluding hydrogens is 280 g/mol. The van der Waals surface area contributed by atoms with Crippen molar-refractivity contribution in [1.29, 1.82) is 0 Å². The summed E-state index contributed by atoms with van der Waals surface area (Å²) in [6.07, 6.45) is 5.69. The van der Waals surface area contributed by atoms with E-state index in [0.29, 0.717) is 5.92 Å². The van der Waals surface area contributed by atoms with Crippen LogP contribution in [0.5, 0.6) is 0 Å². The highest BCUT2D eigenvalue weighted by atomic mass is 28.4. The van der Waals surface area contributed by atoms with Gasteiger partial charge in [-0.3, -0.25) is 0 Å². The van der Waals surface area contributed by atoms with E-state index in [9.17, 15) is 0 Å². The summed E-state index contributed by atoms with van der Waals surface area (Å²) in [6.45, 7) is 20.7. The molecule has 0 aliphatic carbocycles. The van der Waals surface area contributed by atoms with Gasteiger partial charge < -0.3 is 8.85 Å². The van der Waals surface area contributed by atoms with E-state index in [1.807, 2.05) is 0 Å². The molecule has 0 amide bonds. The van der Waals surface area contributed by atoms with Crippen LogP contribution in [0.3, 0.4) is 0 Å². The maximum atomic E-state index is 6.31. The highest BCUT2D eigenvalue weighted by molar-refractivity contribution is 6.74. The summed E-state index contributed by atoms with van der Waals surface area (Å²) >= 11 is 0. The lowest BCUT2D eigenvalue weighted by Crippen LogP contribution is -2.44. The second-order valence-corrected chi connectivity index (χ2v) is 14.4. The summed E-state index contributed by atoms with van der Waals surface area (Å²) in [7, 11) is -2.45. The quantitative estimate of drug-likeness (QED) is 0.507. The molecule has 3 atom stereocenters. The summed E-state index contributed by atoms with van der Waals surface area (Å²) in [4.78, 5) is 0. The predicted molar refractivity (Wildman–Crippen MR) is 92.7 cm³/mol. The Kier molecular flexibility index (Phi) is 7.76. The zero-order valence-corrected chi connectivity index (χ0v) is 16.8. The molecule has 0 N–H and O–H groups in total. The van der Waals surface area contributed by atoms with E-state index in [-0.39, 0.29) is 17.1 Å². The Hall–Kier alpha value is -0.0862. The van der Waals surface area contributed by atoms with Crippen LogP contribution in [0, 0.1) is 24.2 Å². The van der Waals surface area contributed by atoms with Gasteiger partial charge in [-0.1, -0.05) is 27.7 Å². The smallest absolute Gasteiger partial charge is 0.205 e. The summed E-state index contributed by atoms with van der Waals surface area (Å²) in [6, 6.07) is 0. The van der Waals surface area contributed by atoms with Gasteiger partial charge in [0.2, 0.25) is 9.04 Å². The Morgan fingerprint density at radius 3 is 2.05 bits per heavy atom. The summed E-state index contributed by atoms with van der Waals surface area (Å²) in [5.41, 5.74) is 0. The molecule has 0 aromatic heterocycles. The van der Waals surface area contributed by atoms with Gasteiger partial charge in [0, 0.05) is 18.4 Å². The van der Waals surface area contributed by atoms with Crippen LogP contribution in [0.25, 0.3) is 0 Å². The minimum atomic E-state index is -1.70. The number of terminal acetylenes is 1. The molecule has 0 aliphatic heterocycles. The Bertz CT molecular complexity index is 326. The lowest BCUT2D eigenvalue weighted by Gasteiger charge is -2.38. The van der Waals surface area contributed by atoms with Crippen molar-refractivity contribution in [2.45, 2.75) is 71.9 Å². The van der Waals surface area contributed by atoms with Crippen LogP contribution in [0.15, 0.2) is 0 Å². The van der Waals surface area contributed by atoms with Crippen molar-refractivity contribution < 1.29 is 8.85 Å². The van der Waals surface area contributed by atoms with Crippen molar-refractivity contribution in [3.05, 3.63) is 0 Å². The van der Waals surface area contributed by atoms with Gasteiger partial charge in [0.05, 0.1) is 6.10 Å². The normalized spacial score (nSPS) is 17.6. The van der Waals surface area contributed by atoms with E-state index in [0.717, 1.165) is 6.61 Å². The summed E-state index contributed by atoms with van der Waals surface area (Å²) in [5.74, 6) is 3.29. The van der Waals surface area contributed by atoms with Crippen LogP contribution < -0.4 is 0 Å². The molecule has 4 heteroatoms. The molecule has 1 radical (unpaired) electrons. The van der Waals surface area contributed by atoms with Crippen LogP contribution in [-0.2, 0) is 8.85 Å². The zero-order valence-electron chi connectivity index (χ0n) is 14.8. The van der Waals surface area contributed by atoms with Gasteiger partial charge in [-0.05, 0) is 38.2 Å². The molecule has 20 heavy (non-hydrogen) atoms. The topological polar surface area (TPSA) is 18.5 Å². The van der Waals surface area contributed by atoms with Crippen LogP contribution in [0.4, 0.5) is 0 Å². The highest BCUT2D eigenvalue weighted by Crippen LogP contribution is 2.37. The van der Waals surface area contributed by atoms with Gasteiger partial charge in [-0.25, -0.2) is 0 Å². The Morgan fingerprint density at radius 1 is 1.20 bits per heavy atom. The van der Waals surface area contributed by atoms with Crippen molar-refractivity contribution in [1.82, 2.24) is 0 Å². The van der Waals surface area contributed by atoms with Gasteiger partial charge in [-0.15, -0.1) is 12.3 Å². The average Bonchev–Trinajstić information content (AvgIpc) is 2.30. The van der Waals surface area contributed by atoms with Crippen molar-refractivity contribution in [2.75, 3.05) is 6.61 Å². The van der Waals surface area contributed by atoms with E-state index in [2.05, 4.69) is 66.7 Å². The fourth-order valence-corrected chi connectivity index (χ4v) is 3.82. The second kappa shape index (κ2) is 7.79. The van der Waals surface area contributed by atoms with Crippen LogP contribution in [0.1, 0.15) is 34.6 Å². The largest absolute Gasteiger partial charge is 0.416 e. The van der Waals surface area contributed by atoms with Crippen LogP contribution in [-0.4, -0.2) is 30.1 Å². The molecular formula is C16H33O2Si2. The monoisotopic (exact) mass is 313 g/mol. The van der Waals surface area contributed by atoms with E-state index in [1.165, 1.54) is 0 Å². The molecule has 0 spiro atoms. The molecule has 0 aliphatic rings. The SMILES string of the molecule is C#C[C@H](C)[C@@H](O[Si](C)C)[C@H](C)CO[Si](C)(C)C(C)(C)C. The van der Waals surface area contributed by atoms with Crippen molar-refractivity contribution in [3.63, 3.8) is 0 Å². The third-order valence-electron chi connectivity index (χ3n) is 4.20. The van der Waals surface area contributed by atoms with E-state index in [4.69, 9.17) is 15.3 Å². The molecule has 2 nitrogen and oxygen atoms in total. The molecule has 0 fully saturated rings. The van der Waals surface area contributed by atoms with Gasteiger partial charge in [0.1, 0.15) is 0 Å². The Balaban J connectivity index is 4.70. The minimum absolute atomic E-state index is 0.105.